The fraction of sp³-hybridized carbons (Fsp3) is 0.200. The van der Waals surface area contributed by atoms with Crippen LogP contribution in [0.25, 0.3) is 0 Å². The zero-order valence-electron chi connectivity index (χ0n) is 9.27. The maximum absolute atomic E-state index is 2.22. The molecule has 1 aromatic carbocycles. The van der Waals surface area contributed by atoms with E-state index >= 15 is 0 Å². The molecule has 0 atom stereocenters. The number of hydrogen-bond donors (Lipinski definition) is 0. The highest BCUT2D eigenvalue weighted by Crippen LogP contribution is 2.00. The standard InChI is InChI=1S/C15H18/c1-2-3-4-5-6-7-9-12-15-13-10-8-11-14-15/h2-5,7-11,13-14H,6,12H2,1H3/b3-2-,5-4-,9-7+. The Morgan fingerprint density at radius 2 is 1.73 bits per heavy atom. The van der Waals surface area contributed by atoms with E-state index < -0.39 is 0 Å². The number of rotatable bonds is 5. The zero-order chi connectivity index (χ0) is 10.8. The van der Waals surface area contributed by atoms with Gasteiger partial charge >= 0.3 is 0 Å². The maximum atomic E-state index is 2.22. The Balaban J connectivity index is 2.23. The van der Waals surface area contributed by atoms with Crippen molar-refractivity contribution in [2.24, 2.45) is 0 Å². The topological polar surface area (TPSA) is 0 Å². The summed E-state index contributed by atoms with van der Waals surface area (Å²) in [5, 5.41) is 0. The molecule has 0 radical (unpaired) electrons. The lowest BCUT2D eigenvalue weighted by Gasteiger charge is -1.93. The van der Waals surface area contributed by atoms with Crippen molar-refractivity contribution >= 4 is 0 Å². The van der Waals surface area contributed by atoms with Gasteiger partial charge in [-0.3, -0.25) is 0 Å². The molecule has 0 aliphatic heterocycles. The first-order chi connectivity index (χ1) is 7.43. The van der Waals surface area contributed by atoms with Gasteiger partial charge in [-0.05, 0) is 25.3 Å². The molecule has 0 saturated heterocycles. The Morgan fingerprint density at radius 3 is 2.47 bits per heavy atom. The van der Waals surface area contributed by atoms with E-state index in [9.17, 15) is 0 Å². The summed E-state index contributed by atoms with van der Waals surface area (Å²) in [6.07, 6.45) is 14.8. The van der Waals surface area contributed by atoms with E-state index in [1.54, 1.807) is 0 Å². The molecule has 0 aliphatic carbocycles. The number of allylic oxidation sites excluding steroid dienone is 6. The Labute approximate surface area is 92.6 Å². The second-order valence-corrected chi connectivity index (χ2v) is 3.35. The molecule has 15 heavy (non-hydrogen) atoms. The van der Waals surface area contributed by atoms with Crippen molar-refractivity contribution in [2.45, 2.75) is 19.8 Å². The summed E-state index contributed by atoms with van der Waals surface area (Å²) in [5.41, 5.74) is 1.37. The first-order valence-corrected chi connectivity index (χ1v) is 5.40. The van der Waals surface area contributed by atoms with Gasteiger partial charge in [-0.1, -0.05) is 66.8 Å². The highest BCUT2D eigenvalue weighted by atomic mass is 13.9. The molecule has 0 spiro atoms. The van der Waals surface area contributed by atoms with E-state index in [4.69, 9.17) is 0 Å². The van der Waals surface area contributed by atoms with Gasteiger partial charge in [0.05, 0.1) is 0 Å². The van der Waals surface area contributed by atoms with Gasteiger partial charge in [-0.25, -0.2) is 0 Å². The zero-order valence-corrected chi connectivity index (χ0v) is 9.27. The Kier molecular flexibility index (Phi) is 5.99. The molecule has 0 aliphatic rings. The maximum Gasteiger partial charge on any atom is -0.00973 e. The van der Waals surface area contributed by atoms with Crippen LogP contribution in [0.3, 0.4) is 0 Å². The summed E-state index contributed by atoms with van der Waals surface area (Å²) in [5.74, 6) is 0. The highest BCUT2D eigenvalue weighted by Gasteiger charge is 1.84. The number of benzene rings is 1. The molecule has 0 saturated carbocycles. The van der Waals surface area contributed by atoms with Gasteiger partial charge in [0.1, 0.15) is 0 Å². The van der Waals surface area contributed by atoms with E-state index in [0.29, 0.717) is 0 Å². The van der Waals surface area contributed by atoms with Gasteiger partial charge in [-0.15, -0.1) is 0 Å². The molecule has 1 rings (SSSR count). The van der Waals surface area contributed by atoms with Crippen LogP contribution in [0.2, 0.25) is 0 Å². The van der Waals surface area contributed by atoms with E-state index in [0.717, 1.165) is 12.8 Å². The highest BCUT2D eigenvalue weighted by molar-refractivity contribution is 5.17. The fourth-order valence-corrected chi connectivity index (χ4v) is 1.28. The lowest BCUT2D eigenvalue weighted by Crippen LogP contribution is -1.77. The summed E-state index contributed by atoms with van der Waals surface area (Å²) >= 11 is 0. The number of hydrogen-bond acceptors (Lipinski definition) is 0. The van der Waals surface area contributed by atoms with Gasteiger partial charge in [-0.2, -0.15) is 0 Å². The third-order valence-electron chi connectivity index (χ3n) is 2.07. The van der Waals surface area contributed by atoms with Crippen molar-refractivity contribution in [2.75, 3.05) is 0 Å². The monoisotopic (exact) mass is 198 g/mol. The van der Waals surface area contributed by atoms with Gasteiger partial charge in [0.15, 0.2) is 0 Å². The Morgan fingerprint density at radius 1 is 0.933 bits per heavy atom. The van der Waals surface area contributed by atoms with Crippen LogP contribution in [0.15, 0.2) is 66.8 Å². The predicted octanol–water partition coefficient (Wildman–Crippen LogP) is 4.31. The van der Waals surface area contributed by atoms with Crippen LogP contribution in [0.4, 0.5) is 0 Å². The van der Waals surface area contributed by atoms with Gasteiger partial charge in [0, 0.05) is 0 Å². The molecule has 0 fully saturated rings. The van der Waals surface area contributed by atoms with Gasteiger partial charge < -0.3 is 0 Å². The summed E-state index contributed by atoms with van der Waals surface area (Å²) < 4.78 is 0. The van der Waals surface area contributed by atoms with Crippen LogP contribution in [-0.2, 0) is 6.42 Å². The minimum absolute atomic E-state index is 1.01. The van der Waals surface area contributed by atoms with E-state index in [1.165, 1.54) is 5.56 Å². The molecule has 0 heteroatoms. The summed E-state index contributed by atoms with van der Waals surface area (Å²) in [6.45, 7) is 2.02. The second kappa shape index (κ2) is 7.81. The van der Waals surface area contributed by atoms with E-state index in [2.05, 4.69) is 48.6 Å². The quantitative estimate of drug-likeness (QED) is 0.488. The van der Waals surface area contributed by atoms with Gasteiger partial charge in [0.25, 0.3) is 0 Å². The van der Waals surface area contributed by atoms with Crippen molar-refractivity contribution < 1.29 is 0 Å². The first kappa shape index (κ1) is 11.5. The fourth-order valence-electron chi connectivity index (χ4n) is 1.28. The third-order valence-corrected chi connectivity index (χ3v) is 2.07. The van der Waals surface area contributed by atoms with Crippen LogP contribution in [-0.4, -0.2) is 0 Å². The average molecular weight is 198 g/mol. The molecule has 0 aromatic heterocycles. The van der Waals surface area contributed by atoms with Gasteiger partial charge in [0.2, 0.25) is 0 Å². The van der Waals surface area contributed by atoms with Crippen LogP contribution in [0.5, 0.6) is 0 Å². The molecule has 0 heterocycles. The van der Waals surface area contributed by atoms with Crippen molar-refractivity contribution in [3.05, 3.63) is 72.4 Å². The van der Waals surface area contributed by atoms with Crippen molar-refractivity contribution in [1.82, 2.24) is 0 Å². The average Bonchev–Trinajstić information content (AvgIpc) is 2.29. The van der Waals surface area contributed by atoms with Crippen molar-refractivity contribution in [3.8, 4) is 0 Å². The van der Waals surface area contributed by atoms with Crippen molar-refractivity contribution in [1.29, 1.82) is 0 Å². The normalized spacial score (nSPS) is 12.1. The summed E-state index contributed by atoms with van der Waals surface area (Å²) in [4.78, 5) is 0. The lowest BCUT2D eigenvalue weighted by molar-refractivity contribution is 1.24. The summed E-state index contributed by atoms with van der Waals surface area (Å²) in [7, 11) is 0. The molecule has 1 aromatic rings. The lowest BCUT2D eigenvalue weighted by atomic mass is 10.1. The molecule has 0 amide bonds. The molecular formula is C15H18. The minimum Gasteiger partial charge on any atom is -0.0877 e. The first-order valence-electron chi connectivity index (χ1n) is 5.40. The molecule has 0 unspecified atom stereocenters. The van der Waals surface area contributed by atoms with Crippen LogP contribution in [0.1, 0.15) is 18.9 Å². The third kappa shape index (κ3) is 5.69. The second-order valence-electron chi connectivity index (χ2n) is 3.35. The minimum atomic E-state index is 1.01. The molecule has 0 bridgehead atoms. The molecular weight excluding hydrogens is 180 g/mol. The van der Waals surface area contributed by atoms with Crippen LogP contribution >= 0.6 is 0 Å². The Bertz CT molecular complexity index is 328. The summed E-state index contributed by atoms with van der Waals surface area (Å²) in [6, 6.07) is 10.5. The predicted molar refractivity (Wildman–Crippen MR) is 67.9 cm³/mol. The Hall–Kier alpha value is -1.56. The smallest absolute Gasteiger partial charge is 0.00973 e. The van der Waals surface area contributed by atoms with Crippen molar-refractivity contribution in [3.63, 3.8) is 0 Å². The molecule has 78 valence electrons. The van der Waals surface area contributed by atoms with E-state index in [1.807, 2.05) is 25.1 Å². The molecule has 0 nitrogen and oxygen atoms in total. The van der Waals surface area contributed by atoms with E-state index in [-0.39, 0.29) is 0 Å². The van der Waals surface area contributed by atoms with Crippen LogP contribution in [0, 0.1) is 0 Å². The van der Waals surface area contributed by atoms with Crippen LogP contribution < -0.4 is 0 Å². The SMILES string of the molecule is C/C=C\C=C/C/C=C/Cc1ccccc1. The largest absolute Gasteiger partial charge is 0.0877 e. The molecule has 0 N–H and O–H groups in total.